The lowest BCUT2D eigenvalue weighted by Gasteiger charge is -2.18. The van der Waals surface area contributed by atoms with Crippen LogP contribution in [-0.2, 0) is 17.6 Å². The maximum atomic E-state index is 12.7. The van der Waals surface area contributed by atoms with E-state index in [2.05, 4.69) is 0 Å². The molecule has 1 aliphatic rings. The monoisotopic (exact) mass is 279 g/mol. The number of alkyl halides is 5. The fraction of sp³-hybridized carbons (Fsp3) is 0.417. The number of carbonyl (C=O) groups excluding carboxylic acids is 1. The van der Waals surface area contributed by atoms with Crippen LogP contribution in [0.3, 0.4) is 0 Å². The van der Waals surface area contributed by atoms with E-state index in [1.807, 2.05) is 0 Å². The van der Waals surface area contributed by atoms with Crippen molar-refractivity contribution in [3.63, 3.8) is 0 Å². The molecule has 1 amide bonds. The van der Waals surface area contributed by atoms with Crippen molar-refractivity contribution in [2.75, 3.05) is 5.32 Å². The highest BCUT2D eigenvalue weighted by Crippen LogP contribution is 2.36. The number of hydrogen-bond acceptors (Lipinski definition) is 1. The highest BCUT2D eigenvalue weighted by atomic mass is 19.4. The largest absolute Gasteiger partial charge is 0.463 e. The number of amides is 1. The third-order valence-corrected chi connectivity index (χ3v) is 3.00. The van der Waals surface area contributed by atoms with E-state index in [-0.39, 0.29) is 5.69 Å². The van der Waals surface area contributed by atoms with Gasteiger partial charge in [-0.1, -0.05) is 6.07 Å². The predicted molar refractivity (Wildman–Crippen MR) is 58.1 cm³/mol. The van der Waals surface area contributed by atoms with Crippen LogP contribution in [0.2, 0.25) is 0 Å². The summed E-state index contributed by atoms with van der Waals surface area (Å²) in [6.07, 6.45) is -3.41. The Morgan fingerprint density at radius 3 is 2.32 bits per heavy atom. The molecule has 0 aliphatic heterocycles. The highest BCUT2D eigenvalue weighted by Gasteiger charge is 2.63. The maximum absolute atomic E-state index is 12.7. The van der Waals surface area contributed by atoms with Gasteiger partial charge in [-0.25, -0.2) is 0 Å². The molecule has 0 unspecified atom stereocenters. The molecule has 1 aromatic rings. The SMILES string of the molecule is O=C(Nc1ccc2c(c1)CCC2)C(F)(F)C(F)(F)F. The van der Waals surface area contributed by atoms with Gasteiger partial charge in [0.2, 0.25) is 0 Å². The number of rotatable bonds is 2. The highest BCUT2D eigenvalue weighted by molar-refractivity contribution is 5.96. The summed E-state index contributed by atoms with van der Waals surface area (Å²) in [7, 11) is 0. The molecule has 0 spiro atoms. The van der Waals surface area contributed by atoms with Crippen molar-refractivity contribution in [1.82, 2.24) is 0 Å². The molecule has 1 N–H and O–H groups in total. The number of halogens is 5. The minimum atomic E-state index is -5.90. The van der Waals surface area contributed by atoms with Gasteiger partial charge in [-0.15, -0.1) is 0 Å². The van der Waals surface area contributed by atoms with Crippen LogP contribution in [0.5, 0.6) is 0 Å². The molecule has 0 bridgehead atoms. The summed E-state index contributed by atoms with van der Waals surface area (Å²) in [6.45, 7) is 0. The summed E-state index contributed by atoms with van der Waals surface area (Å²) in [5, 5.41) is 1.61. The molecule has 1 aromatic carbocycles. The number of aryl methyl sites for hydroxylation is 2. The Morgan fingerprint density at radius 1 is 1.05 bits per heavy atom. The second-order valence-electron chi connectivity index (χ2n) is 4.36. The first-order valence-corrected chi connectivity index (χ1v) is 5.59. The van der Waals surface area contributed by atoms with Crippen molar-refractivity contribution in [2.24, 2.45) is 0 Å². The Labute approximate surface area is 105 Å². The molecule has 0 heterocycles. The number of hydrogen-bond donors (Lipinski definition) is 1. The van der Waals surface area contributed by atoms with Crippen molar-refractivity contribution < 1.29 is 26.7 Å². The average Bonchev–Trinajstić information content (AvgIpc) is 2.74. The van der Waals surface area contributed by atoms with Crippen molar-refractivity contribution in [3.8, 4) is 0 Å². The molecule has 19 heavy (non-hydrogen) atoms. The van der Waals surface area contributed by atoms with Gasteiger partial charge in [0.1, 0.15) is 0 Å². The van der Waals surface area contributed by atoms with E-state index in [9.17, 15) is 26.7 Å². The van der Waals surface area contributed by atoms with Crippen LogP contribution >= 0.6 is 0 Å². The molecule has 0 atom stereocenters. The van der Waals surface area contributed by atoms with E-state index in [0.717, 1.165) is 30.4 Å². The number of benzene rings is 1. The molecule has 1 aliphatic carbocycles. The minimum absolute atomic E-state index is 0.0467. The van der Waals surface area contributed by atoms with Gasteiger partial charge < -0.3 is 5.32 Å². The van der Waals surface area contributed by atoms with Crippen molar-refractivity contribution in [3.05, 3.63) is 29.3 Å². The maximum Gasteiger partial charge on any atom is 0.463 e. The topological polar surface area (TPSA) is 29.1 Å². The molecule has 7 heteroatoms. The quantitative estimate of drug-likeness (QED) is 0.827. The molecule has 2 nitrogen and oxygen atoms in total. The summed E-state index contributed by atoms with van der Waals surface area (Å²) >= 11 is 0. The van der Waals surface area contributed by atoms with Crippen LogP contribution < -0.4 is 5.32 Å². The summed E-state index contributed by atoms with van der Waals surface area (Å²) in [4.78, 5) is 11.0. The van der Waals surface area contributed by atoms with E-state index in [4.69, 9.17) is 0 Å². The lowest BCUT2D eigenvalue weighted by atomic mass is 10.1. The van der Waals surface area contributed by atoms with E-state index in [1.54, 1.807) is 11.4 Å². The summed E-state index contributed by atoms with van der Waals surface area (Å²) in [5.41, 5.74) is 1.85. The van der Waals surface area contributed by atoms with Gasteiger partial charge in [-0.2, -0.15) is 22.0 Å². The predicted octanol–water partition coefficient (Wildman–Crippen LogP) is 3.31. The smallest absolute Gasteiger partial charge is 0.321 e. The van der Waals surface area contributed by atoms with Gasteiger partial charge in [0.25, 0.3) is 0 Å². The first-order valence-electron chi connectivity index (χ1n) is 5.59. The average molecular weight is 279 g/mol. The fourth-order valence-electron chi connectivity index (χ4n) is 1.99. The van der Waals surface area contributed by atoms with E-state index >= 15 is 0 Å². The first-order chi connectivity index (χ1) is 8.72. The molecule has 0 saturated carbocycles. The van der Waals surface area contributed by atoms with Gasteiger partial charge in [0.05, 0.1) is 0 Å². The Bertz CT molecular complexity index is 509. The Balaban J connectivity index is 2.16. The zero-order valence-corrected chi connectivity index (χ0v) is 9.65. The van der Waals surface area contributed by atoms with Crippen LogP contribution in [-0.4, -0.2) is 18.0 Å². The van der Waals surface area contributed by atoms with Gasteiger partial charge >= 0.3 is 18.0 Å². The van der Waals surface area contributed by atoms with Gasteiger partial charge in [0, 0.05) is 5.69 Å². The second-order valence-corrected chi connectivity index (χ2v) is 4.36. The lowest BCUT2D eigenvalue weighted by molar-refractivity contribution is -0.267. The lowest BCUT2D eigenvalue weighted by Crippen LogP contribution is -2.47. The zero-order valence-electron chi connectivity index (χ0n) is 9.65. The van der Waals surface area contributed by atoms with Crippen LogP contribution in [0, 0.1) is 0 Å². The Hall–Kier alpha value is -1.66. The molecule has 0 saturated heterocycles. The third kappa shape index (κ3) is 2.54. The van der Waals surface area contributed by atoms with Crippen LogP contribution in [0.25, 0.3) is 0 Å². The number of anilines is 1. The van der Waals surface area contributed by atoms with E-state index < -0.39 is 18.0 Å². The van der Waals surface area contributed by atoms with E-state index in [1.165, 1.54) is 12.1 Å². The Kier molecular flexibility index (Phi) is 3.24. The molecule has 2 rings (SSSR count). The molecular weight excluding hydrogens is 269 g/mol. The van der Waals surface area contributed by atoms with Crippen LogP contribution in [0.1, 0.15) is 17.5 Å². The number of fused-ring (bicyclic) bond motifs is 1. The summed E-state index contributed by atoms with van der Waals surface area (Å²) in [5.74, 6) is -7.76. The normalized spacial score (nSPS) is 15.2. The second kappa shape index (κ2) is 4.47. The summed E-state index contributed by atoms with van der Waals surface area (Å²) < 4.78 is 61.5. The summed E-state index contributed by atoms with van der Waals surface area (Å²) in [6, 6.07) is 4.39. The van der Waals surface area contributed by atoms with E-state index in [0.29, 0.717) is 0 Å². The molecule has 0 fully saturated rings. The molecule has 0 radical (unpaired) electrons. The Morgan fingerprint density at radius 2 is 1.68 bits per heavy atom. The van der Waals surface area contributed by atoms with Crippen molar-refractivity contribution in [2.45, 2.75) is 31.4 Å². The third-order valence-electron chi connectivity index (χ3n) is 3.00. The number of nitrogens with one attached hydrogen (secondary N) is 1. The van der Waals surface area contributed by atoms with Crippen molar-refractivity contribution >= 4 is 11.6 Å². The van der Waals surface area contributed by atoms with Crippen molar-refractivity contribution in [1.29, 1.82) is 0 Å². The van der Waals surface area contributed by atoms with Gasteiger partial charge in [-0.05, 0) is 42.5 Å². The first kappa shape index (κ1) is 13.8. The minimum Gasteiger partial charge on any atom is -0.321 e. The fourth-order valence-corrected chi connectivity index (χ4v) is 1.99. The van der Waals surface area contributed by atoms with Crippen LogP contribution in [0.15, 0.2) is 18.2 Å². The number of carbonyl (C=O) groups is 1. The molecular formula is C12H10F5NO. The standard InChI is InChI=1S/C12H10F5NO/c13-11(14,12(15,16)17)10(19)18-9-5-4-7-2-1-3-8(7)6-9/h4-6H,1-3H2,(H,18,19). The van der Waals surface area contributed by atoms with Gasteiger partial charge in [-0.3, -0.25) is 4.79 Å². The van der Waals surface area contributed by atoms with Crippen LogP contribution in [0.4, 0.5) is 27.6 Å². The zero-order chi connectivity index (χ0) is 14.3. The molecule has 104 valence electrons. The molecule has 0 aromatic heterocycles. The van der Waals surface area contributed by atoms with Gasteiger partial charge in [0.15, 0.2) is 0 Å².